The summed E-state index contributed by atoms with van der Waals surface area (Å²) in [7, 11) is 2.08. The molecule has 0 bridgehead atoms. The highest BCUT2D eigenvalue weighted by molar-refractivity contribution is 5.85. The van der Waals surface area contributed by atoms with Crippen molar-refractivity contribution >= 4 is 30.7 Å². The van der Waals surface area contributed by atoms with Crippen LogP contribution < -0.4 is 10.6 Å². The van der Waals surface area contributed by atoms with Crippen LogP contribution in [0, 0.1) is 5.92 Å². The van der Waals surface area contributed by atoms with E-state index >= 15 is 0 Å². The summed E-state index contributed by atoms with van der Waals surface area (Å²) in [5.41, 5.74) is 1.30. The first-order valence-electron chi connectivity index (χ1n) is 6.96. The fourth-order valence-corrected chi connectivity index (χ4v) is 2.37. The van der Waals surface area contributed by atoms with Crippen molar-refractivity contribution < 1.29 is 4.79 Å². The van der Waals surface area contributed by atoms with Gasteiger partial charge in [0.1, 0.15) is 0 Å². The third-order valence-electron chi connectivity index (χ3n) is 3.52. The SMILES string of the molecule is CN(CCNC(=O)C1CCNC1)Cc1ccccc1.Cl.Cl. The normalized spacial score (nSPS) is 17.0. The predicted molar refractivity (Wildman–Crippen MR) is 91.3 cm³/mol. The van der Waals surface area contributed by atoms with Crippen LogP contribution >= 0.6 is 24.8 Å². The van der Waals surface area contributed by atoms with Crippen LogP contribution in [0.1, 0.15) is 12.0 Å². The van der Waals surface area contributed by atoms with E-state index in [1.54, 1.807) is 0 Å². The maximum atomic E-state index is 11.8. The minimum atomic E-state index is 0. The van der Waals surface area contributed by atoms with Gasteiger partial charge in [-0.2, -0.15) is 0 Å². The molecule has 0 spiro atoms. The number of rotatable bonds is 6. The third-order valence-corrected chi connectivity index (χ3v) is 3.52. The summed E-state index contributed by atoms with van der Waals surface area (Å²) in [6.45, 7) is 4.30. The Kier molecular flexibility index (Phi) is 10.4. The quantitative estimate of drug-likeness (QED) is 0.832. The van der Waals surface area contributed by atoms with E-state index in [1.807, 2.05) is 6.07 Å². The van der Waals surface area contributed by atoms with E-state index in [0.717, 1.165) is 39.1 Å². The van der Waals surface area contributed by atoms with Gasteiger partial charge < -0.3 is 15.5 Å². The second-order valence-electron chi connectivity index (χ2n) is 5.20. The van der Waals surface area contributed by atoms with Gasteiger partial charge in [0.2, 0.25) is 5.91 Å². The van der Waals surface area contributed by atoms with Gasteiger partial charge in [-0.1, -0.05) is 30.3 Å². The van der Waals surface area contributed by atoms with Crippen molar-refractivity contribution in [2.45, 2.75) is 13.0 Å². The first-order valence-corrected chi connectivity index (χ1v) is 6.96. The van der Waals surface area contributed by atoms with Gasteiger partial charge in [-0.05, 0) is 25.6 Å². The average molecular weight is 334 g/mol. The summed E-state index contributed by atoms with van der Waals surface area (Å²) in [6.07, 6.45) is 0.964. The van der Waals surface area contributed by atoms with E-state index in [9.17, 15) is 4.79 Å². The standard InChI is InChI=1S/C15H23N3O.2ClH/c1-18(12-13-5-3-2-4-6-13)10-9-17-15(19)14-7-8-16-11-14;;/h2-6,14,16H,7-12H2,1H3,(H,17,19);2*1H. The molecular formula is C15H25Cl2N3O. The van der Waals surface area contributed by atoms with Crippen molar-refractivity contribution in [1.82, 2.24) is 15.5 Å². The van der Waals surface area contributed by atoms with Crippen LogP contribution in [0.5, 0.6) is 0 Å². The van der Waals surface area contributed by atoms with Crippen LogP contribution in [0.3, 0.4) is 0 Å². The molecule has 0 aliphatic carbocycles. The Morgan fingerprint density at radius 2 is 2.05 bits per heavy atom. The minimum Gasteiger partial charge on any atom is -0.355 e. The summed E-state index contributed by atoms with van der Waals surface area (Å²) in [5.74, 6) is 0.359. The zero-order valence-electron chi connectivity index (χ0n) is 12.4. The van der Waals surface area contributed by atoms with Gasteiger partial charge in [-0.25, -0.2) is 0 Å². The Hall–Kier alpha value is -0.810. The zero-order chi connectivity index (χ0) is 13.5. The van der Waals surface area contributed by atoms with Crippen LogP contribution in [0.25, 0.3) is 0 Å². The van der Waals surface area contributed by atoms with Crippen LogP contribution in [-0.2, 0) is 11.3 Å². The molecule has 0 radical (unpaired) electrons. The number of halogens is 2. The van der Waals surface area contributed by atoms with Crippen molar-refractivity contribution in [2.75, 3.05) is 33.2 Å². The highest BCUT2D eigenvalue weighted by Gasteiger charge is 2.21. The van der Waals surface area contributed by atoms with Crippen LogP contribution in [0.2, 0.25) is 0 Å². The van der Waals surface area contributed by atoms with Crippen molar-refractivity contribution in [1.29, 1.82) is 0 Å². The Labute approximate surface area is 139 Å². The Bertz CT molecular complexity index is 397. The Morgan fingerprint density at radius 3 is 2.67 bits per heavy atom. The molecule has 1 unspecified atom stereocenters. The molecule has 1 fully saturated rings. The van der Waals surface area contributed by atoms with Crippen molar-refractivity contribution in [3.8, 4) is 0 Å². The number of nitrogens with one attached hydrogen (secondary N) is 2. The van der Waals surface area contributed by atoms with Gasteiger partial charge in [0.05, 0.1) is 5.92 Å². The first-order chi connectivity index (χ1) is 9.25. The molecule has 120 valence electrons. The maximum absolute atomic E-state index is 11.8. The largest absolute Gasteiger partial charge is 0.355 e. The predicted octanol–water partition coefficient (Wildman–Crippen LogP) is 1.69. The van der Waals surface area contributed by atoms with Gasteiger partial charge >= 0.3 is 0 Å². The number of nitrogens with zero attached hydrogens (tertiary/aromatic N) is 1. The first kappa shape index (κ1) is 20.2. The van der Waals surface area contributed by atoms with E-state index in [2.05, 4.69) is 46.8 Å². The van der Waals surface area contributed by atoms with Gasteiger partial charge in [0.15, 0.2) is 0 Å². The topological polar surface area (TPSA) is 44.4 Å². The van der Waals surface area contributed by atoms with Crippen LogP contribution in [0.15, 0.2) is 30.3 Å². The van der Waals surface area contributed by atoms with E-state index in [0.29, 0.717) is 0 Å². The lowest BCUT2D eigenvalue weighted by Gasteiger charge is -2.17. The van der Waals surface area contributed by atoms with Gasteiger partial charge in [-0.3, -0.25) is 4.79 Å². The molecule has 2 N–H and O–H groups in total. The number of hydrogen-bond donors (Lipinski definition) is 2. The molecule has 1 atom stereocenters. The van der Waals surface area contributed by atoms with Gasteiger partial charge in [0.25, 0.3) is 0 Å². The summed E-state index contributed by atoms with van der Waals surface area (Å²) in [6, 6.07) is 10.4. The average Bonchev–Trinajstić information content (AvgIpc) is 2.93. The maximum Gasteiger partial charge on any atom is 0.224 e. The van der Waals surface area contributed by atoms with Gasteiger partial charge in [-0.15, -0.1) is 24.8 Å². The smallest absolute Gasteiger partial charge is 0.224 e. The lowest BCUT2D eigenvalue weighted by Crippen LogP contribution is -2.37. The molecule has 4 nitrogen and oxygen atoms in total. The fraction of sp³-hybridized carbons (Fsp3) is 0.533. The summed E-state index contributed by atoms with van der Waals surface area (Å²) >= 11 is 0. The molecule has 1 aliphatic rings. The highest BCUT2D eigenvalue weighted by atomic mass is 35.5. The Balaban J connectivity index is 0.00000200. The van der Waals surface area contributed by atoms with E-state index in [4.69, 9.17) is 0 Å². The third kappa shape index (κ3) is 7.14. The molecule has 1 aromatic carbocycles. The summed E-state index contributed by atoms with van der Waals surface area (Å²) in [5, 5.41) is 6.23. The molecule has 1 heterocycles. The molecule has 21 heavy (non-hydrogen) atoms. The van der Waals surface area contributed by atoms with E-state index < -0.39 is 0 Å². The molecule has 1 amide bonds. The zero-order valence-corrected chi connectivity index (χ0v) is 14.0. The molecule has 1 saturated heterocycles. The molecule has 1 aliphatic heterocycles. The molecule has 2 rings (SSSR count). The van der Waals surface area contributed by atoms with Crippen molar-refractivity contribution in [3.63, 3.8) is 0 Å². The Morgan fingerprint density at radius 1 is 1.33 bits per heavy atom. The number of carbonyl (C=O) groups excluding carboxylic acids is 1. The van der Waals surface area contributed by atoms with Crippen LogP contribution in [-0.4, -0.2) is 44.0 Å². The number of carbonyl (C=O) groups is 1. The van der Waals surface area contributed by atoms with E-state index in [-0.39, 0.29) is 36.6 Å². The number of benzene rings is 1. The molecule has 1 aromatic rings. The highest BCUT2D eigenvalue weighted by Crippen LogP contribution is 2.06. The lowest BCUT2D eigenvalue weighted by molar-refractivity contribution is -0.124. The lowest BCUT2D eigenvalue weighted by atomic mass is 10.1. The fourth-order valence-electron chi connectivity index (χ4n) is 2.37. The molecule has 6 heteroatoms. The number of hydrogen-bond acceptors (Lipinski definition) is 3. The second-order valence-corrected chi connectivity index (χ2v) is 5.20. The number of amides is 1. The van der Waals surface area contributed by atoms with Crippen LogP contribution in [0.4, 0.5) is 0 Å². The minimum absolute atomic E-state index is 0. The number of likely N-dealkylation sites (N-methyl/N-ethyl adjacent to an activating group) is 1. The molecular weight excluding hydrogens is 309 g/mol. The van der Waals surface area contributed by atoms with Crippen molar-refractivity contribution in [2.24, 2.45) is 5.92 Å². The second kappa shape index (κ2) is 10.9. The summed E-state index contributed by atoms with van der Waals surface area (Å²) in [4.78, 5) is 14.0. The van der Waals surface area contributed by atoms with Crippen molar-refractivity contribution in [3.05, 3.63) is 35.9 Å². The summed E-state index contributed by atoms with van der Waals surface area (Å²) < 4.78 is 0. The molecule has 0 aromatic heterocycles. The van der Waals surface area contributed by atoms with E-state index in [1.165, 1.54) is 5.56 Å². The molecule has 0 saturated carbocycles. The monoisotopic (exact) mass is 333 g/mol. The van der Waals surface area contributed by atoms with Gasteiger partial charge in [0, 0.05) is 26.2 Å².